The van der Waals surface area contributed by atoms with Crippen molar-refractivity contribution in [2.24, 2.45) is 0 Å². The van der Waals surface area contributed by atoms with E-state index in [1.807, 2.05) is 0 Å². The van der Waals surface area contributed by atoms with E-state index >= 15 is 0 Å². The van der Waals surface area contributed by atoms with Crippen molar-refractivity contribution in [1.29, 1.82) is 0 Å². The number of hydrogen-bond donors (Lipinski definition) is 2. The number of carbonyl (C=O) groups is 1. The number of hydrogen-bond acceptors (Lipinski definition) is 4. The molecule has 1 unspecified atom stereocenters. The summed E-state index contributed by atoms with van der Waals surface area (Å²) in [5.74, 6) is -2.52. The Hall–Kier alpha value is -3.10. The van der Waals surface area contributed by atoms with Gasteiger partial charge in [0.1, 0.15) is 11.6 Å². The Balaban J connectivity index is 1.67. The molecule has 0 saturated carbocycles. The van der Waals surface area contributed by atoms with Crippen LogP contribution in [0, 0.1) is 11.6 Å². The lowest BCUT2D eigenvalue weighted by Gasteiger charge is -2.13. The third-order valence-electron chi connectivity index (χ3n) is 4.43. The Morgan fingerprint density at radius 1 is 0.967 bits per heavy atom. The van der Waals surface area contributed by atoms with Crippen molar-refractivity contribution in [3.05, 3.63) is 101 Å². The molecule has 0 radical (unpaired) electrons. The second-order valence-electron chi connectivity index (χ2n) is 6.66. The van der Waals surface area contributed by atoms with Crippen LogP contribution in [0.1, 0.15) is 27.6 Å². The average Bonchev–Trinajstić information content (AvgIpc) is 2.72. The lowest BCUT2D eigenvalue weighted by molar-refractivity contribution is 0.0914. The largest absolute Gasteiger partial charge is 0.386 e. The molecule has 2 N–H and O–H groups in total. The van der Waals surface area contributed by atoms with Crippen LogP contribution in [-0.4, -0.2) is 26.0 Å². The first-order valence-corrected chi connectivity index (χ1v) is 10.7. The van der Waals surface area contributed by atoms with Crippen molar-refractivity contribution in [3.8, 4) is 0 Å². The SMILES string of the molecule is O=C(NCC(O)c1ccc(F)cc1F)c1cccc(CS(=O)(=O)c2ccccc2)c1. The standard InChI is InChI=1S/C22H19F2NO4S/c23-17-9-10-19(20(24)12-17)21(26)13-25-22(27)16-6-4-5-15(11-16)14-30(28,29)18-7-2-1-3-8-18/h1-12,21,26H,13-14H2,(H,25,27). The number of carbonyl (C=O) groups excluding carboxylic acids is 1. The zero-order valence-corrected chi connectivity index (χ0v) is 16.6. The van der Waals surface area contributed by atoms with Crippen LogP contribution in [0.2, 0.25) is 0 Å². The summed E-state index contributed by atoms with van der Waals surface area (Å²) >= 11 is 0. The molecular formula is C22H19F2NO4S. The van der Waals surface area contributed by atoms with E-state index in [4.69, 9.17) is 0 Å². The highest BCUT2D eigenvalue weighted by molar-refractivity contribution is 7.90. The number of aliphatic hydroxyl groups excluding tert-OH is 1. The number of sulfone groups is 1. The van der Waals surface area contributed by atoms with Gasteiger partial charge in [0.2, 0.25) is 0 Å². The van der Waals surface area contributed by atoms with Crippen molar-refractivity contribution >= 4 is 15.7 Å². The van der Waals surface area contributed by atoms with Crippen LogP contribution in [0.25, 0.3) is 0 Å². The minimum absolute atomic E-state index is 0.139. The first kappa shape index (κ1) is 21.6. The van der Waals surface area contributed by atoms with Gasteiger partial charge in [0.05, 0.1) is 16.8 Å². The summed E-state index contributed by atoms with van der Waals surface area (Å²) in [7, 11) is -3.57. The Labute approximate surface area is 172 Å². The number of amides is 1. The number of aliphatic hydroxyl groups is 1. The number of benzene rings is 3. The highest BCUT2D eigenvalue weighted by atomic mass is 32.2. The molecule has 1 atom stereocenters. The molecule has 0 spiro atoms. The molecule has 0 aliphatic heterocycles. The molecule has 0 aromatic heterocycles. The van der Waals surface area contributed by atoms with Gasteiger partial charge in [-0.1, -0.05) is 36.4 Å². The summed E-state index contributed by atoms with van der Waals surface area (Å²) in [6, 6.07) is 16.9. The second kappa shape index (κ2) is 9.15. The Morgan fingerprint density at radius 2 is 1.70 bits per heavy atom. The van der Waals surface area contributed by atoms with Crippen molar-refractivity contribution in [3.63, 3.8) is 0 Å². The van der Waals surface area contributed by atoms with Gasteiger partial charge in [0, 0.05) is 23.7 Å². The maximum Gasteiger partial charge on any atom is 0.251 e. The van der Waals surface area contributed by atoms with E-state index in [-0.39, 0.29) is 28.3 Å². The fourth-order valence-corrected chi connectivity index (χ4v) is 4.26. The molecule has 0 aliphatic carbocycles. The smallest absolute Gasteiger partial charge is 0.251 e. The maximum absolute atomic E-state index is 13.7. The van der Waals surface area contributed by atoms with Gasteiger partial charge in [0.25, 0.3) is 5.91 Å². The topological polar surface area (TPSA) is 83.5 Å². The molecule has 3 aromatic rings. The zero-order chi connectivity index (χ0) is 21.7. The first-order chi connectivity index (χ1) is 14.3. The average molecular weight is 431 g/mol. The van der Waals surface area contributed by atoms with E-state index < -0.39 is 33.5 Å². The summed E-state index contributed by atoms with van der Waals surface area (Å²) in [6.45, 7) is -0.298. The van der Waals surface area contributed by atoms with Crippen LogP contribution in [0.3, 0.4) is 0 Å². The van der Waals surface area contributed by atoms with Crippen molar-refractivity contribution in [2.45, 2.75) is 16.8 Å². The molecule has 30 heavy (non-hydrogen) atoms. The normalized spacial score (nSPS) is 12.4. The number of nitrogens with one attached hydrogen (secondary N) is 1. The Morgan fingerprint density at radius 3 is 2.40 bits per heavy atom. The number of halogens is 2. The summed E-state index contributed by atoms with van der Waals surface area (Å²) in [5, 5.41) is 12.5. The molecule has 3 rings (SSSR count). The maximum atomic E-state index is 13.7. The number of rotatable bonds is 7. The van der Waals surface area contributed by atoms with Gasteiger partial charge in [-0.15, -0.1) is 0 Å². The Kier molecular flexibility index (Phi) is 6.59. The third kappa shape index (κ3) is 5.28. The van der Waals surface area contributed by atoms with Gasteiger partial charge in [-0.3, -0.25) is 4.79 Å². The molecule has 156 valence electrons. The predicted octanol–water partition coefficient (Wildman–Crippen LogP) is 3.40. The minimum Gasteiger partial charge on any atom is -0.386 e. The van der Waals surface area contributed by atoms with Gasteiger partial charge in [-0.2, -0.15) is 0 Å². The summed E-state index contributed by atoms with van der Waals surface area (Å²) in [5.41, 5.74) is 0.485. The van der Waals surface area contributed by atoms with E-state index in [2.05, 4.69) is 5.32 Å². The predicted molar refractivity (Wildman–Crippen MR) is 107 cm³/mol. The highest BCUT2D eigenvalue weighted by Gasteiger charge is 2.18. The molecular weight excluding hydrogens is 412 g/mol. The lowest BCUT2D eigenvalue weighted by atomic mass is 10.1. The van der Waals surface area contributed by atoms with Gasteiger partial charge in [-0.05, 0) is 35.9 Å². The van der Waals surface area contributed by atoms with Crippen LogP contribution in [0.15, 0.2) is 77.7 Å². The van der Waals surface area contributed by atoms with Gasteiger partial charge >= 0.3 is 0 Å². The molecule has 0 saturated heterocycles. The van der Waals surface area contributed by atoms with Crippen LogP contribution in [-0.2, 0) is 15.6 Å². The fraction of sp³-hybridized carbons (Fsp3) is 0.136. The minimum atomic E-state index is -3.57. The zero-order valence-electron chi connectivity index (χ0n) is 15.8. The summed E-state index contributed by atoms with van der Waals surface area (Å²) in [4.78, 5) is 12.6. The van der Waals surface area contributed by atoms with Crippen molar-refractivity contribution < 1.29 is 27.1 Å². The van der Waals surface area contributed by atoms with Crippen LogP contribution in [0.5, 0.6) is 0 Å². The second-order valence-corrected chi connectivity index (χ2v) is 8.65. The highest BCUT2D eigenvalue weighted by Crippen LogP contribution is 2.19. The fourth-order valence-electron chi connectivity index (χ4n) is 2.91. The van der Waals surface area contributed by atoms with Gasteiger partial charge in [0.15, 0.2) is 9.84 Å². The molecule has 0 heterocycles. The van der Waals surface area contributed by atoms with E-state index in [1.165, 1.54) is 24.3 Å². The molecule has 1 amide bonds. The van der Waals surface area contributed by atoms with E-state index in [0.717, 1.165) is 12.1 Å². The van der Waals surface area contributed by atoms with E-state index in [0.29, 0.717) is 11.6 Å². The van der Waals surface area contributed by atoms with Gasteiger partial charge in [-0.25, -0.2) is 17.2 Å². The molecule has 8 heteroatoms. The molecule has 5 nitrogen and oxygen atoms in total. The Bertz CT molecular complexity index is 1150. The molecule has 0 aliphatic rings. The van der Waals surface area contributed by atoms with E-state index in [1.54, 1.807) is 30.3 Å². The molecule has 3 aromatic carbocycles. The third-order valence-corrected chi connectivity index (χ3v) is 6.13. The van der Waals surface area contributed by atoms with Crippen LogP contribution < -0.4 is 5.32 Å². The van der Waals surface area contributed by atoms with Gasteiger partial charge < -0.3 is 10.4 Å². The van der Waals surface area contributed by atoms with Crippen LogP contribution in [0.4, 0.5) is 8.78 Å². The summed E-state index contributed by atoms with van der Waals surface area (Å²) < 4.78 is 51.7. The molecule has 0 bridgehead atoms. The molecule has 0 fully saturated rings. The quantitative estimate of drug-likeness (QED) is 0.601. The van der Waals surface area contributed by atoms with Crippen molar-refractivity contribution in [2.75, 3.05) is 6.54 Å². The van der Waals surface area contributed by atoms with Crippen molar-refractivity contribution in [1.82, 2.24) is 5.32 Å². The summed E-state index contributed by atoms with van der Waals surface area (Å²) in [6.07, 6.45) is -1.36. The van der Waals surface area contributed by atoms with E-state index in [9.17, 15) is 27.1 Å². The monoisotopic (exact) mass is 431 g/mol. The lowest BCUT2D eigenvalue weighted by Crippen LogP contribution is -2.28. The van der Waals surface area contributed by atoms with Crippen LogP contribution >= 0.6 is 0 Å². The first-order valence-electron chi connectivity index (χ1n) is 9.04.